The van der Waals surface area contributed by atoms with Crippen molar-refractivity contribution in [2.24, 2.45) is 0 Å². The molecule has 0 aliphatic carbocycles. The number of ether oxygens (including phenoxy) is 1. The van der Waals surface area contributed by atoms with Gasteiger partial charge in [0.15, 0.2) is 12.4 Å². The van der Waals surface area contributed by atoms with Crippen LogP contribution in [-0.2, 0) is 4.79 Å². The molecule has 0 atom stereocenters. The maximum Gasteiger partial charge on any atom is 0.263 e. The summed E-state index contributed by atoms with van der Waals surface area (Å²) in [6.07, 6.45) is 4.26. The monoisotopic (exact) mass is 338 g/mol. The lowest BCUT2D eigenvalue weighted by atomic mass is 10.0. The molecular formula is C17H18N6O2. The number of carbonyl (C=O) groups is 1. The Balaban J connectivity index is 1.57. The Kier molecular flexibility index (Phi) is 4.98. The SMILES string of the molecule is CC(C)c1ccc(OCC(=O)Nc2cc(-n3cncn3)ncn2)cc1. The van der Waals surface area contributed by atoms with Crippen molar-refractivity contribution in [2.45, 2.75) is 19.8 Å². The zero-order valence-corrected chi connectivity index (χ0v) is 14.0. The summed E-state index contributed by atoms with van der Waals surface area (Å²) in [5.41, 5.74) is 1.22. The molecule has 1 N–H and O–H groups in total. The van der Waals surface area contributed by atoms with Gasteiger partial charge in [0.2, 0.25) is 0 Å². The van der Waals surface area contributed by atoms with Crippen molar-refractivity contribution in [1.82, 2.24) is 24.7 Å². The molecule has 0 saturated carbocycles. The van der Waals surface area contributed by atoms with Gasteiger partial charge in [-0.05, 0) is 23.6 Å². The maximum atomic E-state index is 12.0. The van der Waals surface area contributed by atoms with E-state index in [2.05, 4.69) is 39.2 Å². The lowest BCUT2D eigenvalue weighted by Crippen LogP contribution is -2.21. The summed E-state index contributed by atoms with van der Waals surface area (Å²) in [6, 6.07) is 9.30. The molecule has 0 saturated heterocycles. The van der Waals surface area contributed by atoms with Gasteiger partial charge in [0.05, 0.1) is 0 Å². The van der Waals surface area contributed by atoms with E-state index in [9.17, 15) is 4.79 Å². The molecular weight excluding hydrogens is 320 g/mol. The van der Waals surface area contributed by atoms with Gasteiger partial charge in [-0.1, -0.05) is 26.0 Å². The Bertz CT molecular complexity index is 831. The molecule has 0 aliphatic heterocycles. The molecule has 1 amide bonds. The van der Waals surface area contributed by atoms with Crippen molar-refractivity contribution in [1.29, 1.82) is 0 Å². The summed E-state index contributed by atoms with van der Waals surface area (Å²) in [6.45, 7) is 4.14. The lowest BCUT2D eigenvalue weighted by molar-refractivity contribution is -0.118. The molecule has 3 aromatic rings. The molecule has 0 spiro atoms. The minimum absolute atomic E-state index is 0.107. The zero-order chi connectivity index (χ0) is 17.6. The summed E-state index contributed by atoms with van der Waals surface area (Å²) < 4.78 is 6.97. The van der Waals surface area contributed by atoms with Crippen LogP contribution < -0.4 is 10.1 Å². The minimum atomic E-state index is -0.309. The van der Waals surface area contributed by atoms with Crippen molar-refractivity contribution in [3.8, 4) is 11.6 Å². The minimum Gasteiger partial charge on any atom is -0.484 e. The van der Waals surface area contributed by atoms with Gasteiger partial charge in [-0.3, -0.25) is 4.79 Å². The Hall–Kier alpha value is -3.29. The van der Waals surface area contributed by atoms with Crippen LogP contribution in [0.1, 0.15) is 25.3 Å². The smallest absolute Gasteiger partial charge is 0.263 e. The number of benzene rings is 1. The average Bonchev–Trinajstić information content (AvgIpc) is 3.15. The maximum absolute atomic E-state index is 12.0. The number of hydrogen-bond donors (Lipinski definition) is 1. The van der Waals surface area contributed by atoms with Crippen LogP contribution in [0.3, 0.4) is 0 Å². The van der Waals surface area contributed by atoms with Crippen molar-refractivity contribution < 1.29 is 9.53 Å². The second-order valence-corrected chi connectivity index (χ2v) is 5.66. The Morgan fingerprint density at radius 1 is 1.20 bits per heavy atom. The molecule has 25 heavy (non-hydrogen) atoms. The third-order valence-corrected chi connectivity index (χ3v) is 3.49. The summed E-state index contributed by atoms with van der Waals surface area (Å²) in [4.78, 5) is 24.0. The van der Waals surface area contributed by atoms with Gasteiger partial charge in [-0.15, -0.1) is 0 Å². The van der Waals surface area contributed by atoms with Gasteiger partial charge in [0.25, 0.3) is 5.91 Å². The second-order valence-electron chi connectivity index (χ2n) is 5.66. The van der Waals surface area contributed by atoms with Gasteiger partial charge >= 0.3 is 0 Å². The first-order valence-electron chi connectivity index (χ1n) is 7.81. The van der Waals surface area contributed by atoms with E-state index >= 15 is 0 Å². The van der Waals surface area contributed by atoms with Crippen molar-refractivity contribution >= 4 is 11.7 Å². The van der Waals surface area contributed by atoms with Gasteiger partial charge in [-0.2, -0.15) is 5.10 Å². The van der Waals surface area contributed by atoms with Crippen molar-refractivity contribution in [3.05, 3.63) is 54.9 Å². The van der Waals surface area contributed by atoms with Crippen molar-refractivity contribution in [3.63, 3.8) is 0 Å². The van der Waals surface area contributed by atoms with E-state index in [0.29, 0.717) is 23.3 Å². The average molecular weight is 338 g/mol. The van der Waals surface area contributed by atoms with Gasteiger partial charge in [0, 0.05) is 6.07 Å². The first kappa shape index (κ1) is 16.6. The van der Waals surface area contributed by atoms with E-state index < -0.39 is 0 Å². The molecule has 128 valence electrons. The fourth-order valence-corrected chi connectivity index (χ4v) is 2.14. The van der Waals surface area contributed by atoms with Crippen LogP contribution in [-0.4, -0.2) is 37.2 Å². The zero-order valence-electron chi connectivity index (χ0n) is 14.0. The first-order valence-corrected chi connectivity index (χ1v) is 7.81. The molecule has 0 aliphatic rings. The number of amides is 1. The van der Waals surface area contributed by atoms with E-state index in [0.717, 1.165) is 0 Å². The number of anilines is 1. The molecule has 0 fully saturated rings. The molecule has 3 rings (SSSR count). The van der Waals surface area contributed by atoms with Crippen LogP contribution in [0.2, 0.25) is 0 Å². The fraction of sp³-hybridized carbons (Fsp3) is 0.235. The highest BCUT2D eigenvalue weighted by atomic mass is 16.5. The molecule has 8 heteroatoms. The predicted molar refractivity (Wildman–Crippen MR) is 91.6 cm³/mol. The topological polar surface area (TPSA) is 94.8 Å². The van der Waals surface area contributed by atoms with Crippen LogP contribution >= 0.6 is 0 Å². The van der Waals surface area contributed by atoms with Crippen LogP contribution in [0.25, 0.3) is 5.82 Å². The first-order chi connectivity index (χ1) is 12.1. The van der Waals surface area contributed by atoms with Gasteiger partial charge in [-0.25, -0.2) is 19.6 Å². The summed E-state index contributed by atoms with van der Waals surface area (Å²) in [5, 5.41) is 6.65. The number of carbonyl (C=O) groups excluding carboxylic acids is 1. The van der Waals surface area contributed by atoms with E-state index in [4.69, 9.17) is 4.74 Å². The number of nitrogens with one attached hydrogen (secondary N) is 1. The highest BCUT2D eigenvalue weighted by Gasteiger charge is 2.07. The van der Waals surface area contributed by atoms with Crippen LogP contribution in [0.15, 0.2) is 49.3 Å². The normalized spacial score (nSPS) is 10.7. The molecule has 1 aromatic carbocycles. The Morgan fingerprint density at radius 3 is 2.68 bits per heavy atom. The number of aromatic nitrogens is 5. The second kappa shape index (κ2) is 7.52. The molecule has 2 heterocycles. The standard InChI is InChI=1S/C17H18N6O2/c1-12(2)13-3-5-14(6-4-13)25-8-17(24)22-15-7-16(20-10-19-15)23-11-18-9-21-23/h3-7,9-12H,8H2,1-2H3,(H,19,20,22,24). The third-order valence-electron chi connectivity index (χ3n) is 3.49. The van der Waals surface area contributed by atoms with E-state index in [1.807, 2.05) is 24.3 Å². The molecule has 0 bridgehead atoms. The van der Waals surface area contributed by atoms with Crippen molar-refractivity contribution in [2.75, 3.05) is 11.9 Å². The van der Waals surface area contributed by atoms with Crippen LogP contribution in [0, 0.1) is 0 Å². The Labute approximate surface area is 144 Å². The van der Waals surface area contributed by atoms with E-state index in [1.54, 1.807) is 6.07 Å². The Morgan fingerprint density at radius 2 is 2.00 bits per heavy atom. The summed E-state index contributed by atoms with van der Waals surface area (Å²) in [5.74, 6) is 1.66. The summed E-state index contributed by atoms with van der Waals surface area (Å²) in [7, 11) is 0. The number of nitrogens with zero attached hydrogens (tertiary/aromatic N) is 5. The number of hydrogen-bond acceptors (Lipinski definition) is 6. The largest absolute Gasteiger partial charge is 0.484 e. The summed E-state index contributed by atoms with van der Waals surface area (Å²) >= 11 is 0. The van der Waals surface area contributed by atoms with E-state index in [1.165, 1.54) is 29.2 Å². The molecule has 2 aromatic heterocycles. The highest BCUT2D eigenvalue weighted by Crippen LogP contribution is 2.18. The van der Waals surface area contributed by atoms with Crippen LogP contribution in [0.5, 0.6) is 5.75 Å². The fourth-order valence-electron chi connectivity index (χ4n) is 2.14. The molecule has 0 radical (unpaired) electrons. The number of rotatable bonds is 6. The van der Waals surface area contributed by atoms with Gasteiger partial charge < -0.3 is 10.1 Å². The predicted octanol–water partition coefficient (Wildman–Crippen LogP) is 2.20. The van der Waals surface area contributed by atoms with Gasteiger partial charge in [0.1, 0.15) is 30.5 Å². The lowest BCUT2D eigenvalue weighted by Gasteiger charge is -2.09. The highest BCUT2D eigenvalue weighted by molar-refractivity contribution is 5.91. The quantitative estimate of drug-likeness (QED) is 0.740. The van der Waals surface area contributed by atoms with E-state index in [-0.39, 0.29) is 12.5 Å². The third kappa shape index (κ3) is 4.37. The van der Waals surface area contributed by atoms with Crippen LogP contribution in [0.4, 0.5) is 5.82 Å². The molecule has 0 unspecified atom stereocenters. The molecule has 8 nitrogen and oxygen atoms in total.